The van der Waals surface area contributed by atoms with Crippen molar-refractivity contribution in [3.05, 3.63) is 64.8 Å². The van der Waals surface area contributed by atoms with Crippen LogP contribution in [0.3, 0.4) is 0 Å². The van der Waals surface area contributed by atoms with Crippen LogP contribution in [0.4, 0.5) is 5.82 Å². The van der Waals surface area contributed by atoms with Crippen molar-refractivity contribution in [2.75, 3.05) is 4.72 Å². The van der Waals surface area contributed by atoms with E-state index in [1.807, 2.05) is 18.2 Å². The Bertz CT molecular complexity index is 1270. The molecule has 0 unspecified atom stereocenters. The van der Waals surface area contributed by atoms with Crippen molar-refractivity contribution < 1.29 is 8.42 Å². The molecule has 4 rings (SSSR count). The third-order valence-electron chi connectivity index (χ3n) is 4.52. The monoisotopic (exact) mass is 446 g/mol. The second-order valence-electron chi connectivity index (χ2n) is 7.64. The number of hydrogen-bond acceptors (Lipinski definition) is 5. The van der Waals surface area contributed by atoms with E-state index in [2.05, 4.69) is 35.6 Å². The first kappa shape index (κ1) is 19.9. The molecule has 0 amide bonds. The second-order valence-corrected chi connectivity index (χ2v) is 10.6. The first-order valence-electron chi connectivity index (χ1n) is 8.86. The van der Waals surface area contributed by atoms with Crippen molar-refractivity contribution in [1.29, 1.82) is 0 Å². The van der Waals surface area contributed by atoms with Gasteiger partial charge in [-0.3, -0.25) is 9.71 Å². The summed E-state index contributed by atoms with van der Waals surface area (Å²) in [7, 11) is -3.79. The lowest BCUT2D eigenvalue weighted by atomic mass is 9.87. The number of anilines is 1. The molecule has 3 heterocycles. The molecule has 0 saturated heterocycles. The van der Waals surface area contributed by atoms with Crippen LogP contribution in [-0.4, -0.2) is 23.0 Å². The molecule has 1 aromatic carbocycles. The van der Waals surface area contributed by atoms with E-state index < -0.39 is 10.0 Å². The second kappa shape index (κ2) is 7.12. The van der Waals surface area contributed by atoms with Gasteiger partial charge in [0.1, 0.15) is 11.5 Å². The molecule has 1 N–H and O–H groups in total. The first-order valence-corrected chi connectivity index (χ1v) is 11.6. The number of pyridine rings is 1. The average Bonchev–Trinajstić information content (AvgIpc) is 3.33. The molecule has 0 aliphatic carbocycles. The third-order valence-corrected chi connectivity index (χ3v) is 7.01. The van der Waals surface area contributed by atoms with Gasteiger partial charge in [-0.05, 0) is 41.3 Å². The van der Waals surface area contributed by atoms with Crippen molar-refractivity contribution in [3.8, 4) is 10.6 Å². The van der Waals surface area contributed by atoms with Crippen LogP contribution in [0, 0.1) is 0 Å². The van der Waals surface area contributed by atoms with Crippen LogP contribution in [0.15, 0.2) is 59.1 Å². The zero-order valence-electron chi connectivity index (χ0n) is 16.0. The van der Waals surface area contributed by atoms with E-state index >= 15 is 0 Å². The quantitative estimate of drug-likeness (QED) is 0.466. The Morgan fingerprint density at radius 1 is 1.10 bits per heavy atom. The average molecular weight is 447 g/mol. The molecular formula is C20H19ClN4O2S2. The summed E-state index contributed by atoms with van der Waals surface area (Å²) in [5.41, 5.74) is 4.01. The fourth-order valence-electron chi connectivity index (χ4n) is 2.91. The molecule has 0 radical (unpaired) electrons. The van der Waals surface area contributed by atoms with Crippen molar-refractivity contribution in [2.24, 2.45) is 0 Å². The minimum absolute atomic E-state index is 0.0554. The topological polar surface area (TPSA) is 76.4 Å². The summed E-state index contributed by atoms with van der Waals surface area (Å²) in [5, 5.41) is 4.99. The lowest BCUT2D eigenvalue weighted by molar-refractivity contribution is 0.587. The number of hydrogen-bond donors (Lipinski definition) is 1. The zero-order chi connectivity index (χ0) is 20.8. The van der Waals surface area contributed by atoms with Crippen LogP contribution in [0.25, 0.3) is 16.1 Å². The molecule has 0 spiro atoms. The molecule has 0 saturated carbocycles. The standard InChI is InChI=1S/C20H19ClN4O2S2/c1-20(2,3)13-4-6-14(7-5-13)29(26,27)24-19-9-8-15(21)17-10-16(23-25(17)19)18-11-22-12-28-18/h4-12,24H,1-3H3. The Kier molecular flexibility index (Phi) is 4.88. The van der Waals surface area contributed by atoms with Gasteiger partial charge in [-0.15, -0.1) is 11.3 Å². The predicted octanol–water partition coefficient (Wildman–Crippen LogP) is 5.21. The van der Waals surface area contributed by atoms with E-state index in [-0.39, 0.29) is 10.3 Å². The summed E-state index contributed by atoms with van der Waals surface area (Å²) in [4.78, 5) is 5.12. The Labute approximate surface area is 178 Å². The molecule has 29 heavy (non-hydrogen) atoms. The molecule has 0 aliphatic heterocycles. The maximum atomic E-state index is 12.9. The number of benzene rings is 1. The molecule has 6 nitrogen and oxygen atoms in total. The highest BCUT2D eigenvalue weighted by molar-refractivity contribution is 7.92. The summed E-state index contributed by atoms with van der Waals surface area (Å²) in [6.07, 6.45) is 1.71. The Morgan fingerprint density at radius 2 is 1.83 bits per heavy atom. The highest BCUT2D eigenvalue weighted by Gasteiger charge is 2.20. The zero-order valence-corrected chi connectivity index (χ0v) is 18.4. The fourth-order valence-corrected chi connectivity index (χ4v) is 4.73. The number of nitrogens with one attached hydrogen (secondary N) is 1. The maximum Gasteiger partial charge on any atom is 0.263 e. The van der Waals surface area contributed by atoms with Crippen LogP contribution >= 0.6 is 22.9 Å². The van der Waals surface area contributed by atoms with Crippen molar-refractivity contribution in [1.82, 2.24) is 14.6 Å². The summed E-state index contributed by atoms with van der Waals surface area (Å²) >= 11 is 7.75. The van der Waals surface area contributed by atoms with Crippen molar-refractivity contribution >= 4 is 44.3 Å². The van der Waals surface area contributed by atoms with E-state index in [4.69, 9.17) is 11.6 Å². The lowest BCUT2D eigenvalue weighted by Crippen LogP contribution is -2.16. The Balaban J connectivity index is 1.72. The third kappa shape index (κ3) is 3.88. The SMILES string of the molecule is CC(C)(C)c1ccc(S(=O)(=O)Nc2ccc(Cl)c3cc(-c4cncs4)nn23)cc1. The molecule has 150 valence electrons. The molecule has 9 heteroatoms. The van der Waals surface area contributed by atoms with Crippen LogP contribution in [0.5, 0.6) is 0 Å². The van der Waals surface area contributed by atoms with Crippen LogP contribution in [0.1, 0.15) is 26.3 Å². The fraction of sp³-hybridized carbons (Fsp3) is 0.200. The summed E-state index contributed by atoms with van der Waals surface area (Å²) in [6, 6.07) is 12.0. The van der Waals surface area contributed by atoms with E-state index in [0.717, 1.165) is 10.4 Å². The summed E-state index contributed by atoms with van der Waals surface area (Å²) < 4.78 is 30.0. The number of rotatable bonds is 4. The number of fused-ring (bicyclic) bond motifs is 1. The minimum atomic E-state index is -3.79. The number of halogens is 1. The maximum absolute atomic E-state index is 12.9. The smallest absolute Gasteiger partial charge is 0.263 e. The van der Waals surface area contributed by atoms with E-state index in [9.17, 15) is 8.42 Å². The van der Waals surface area contributed by atoms with E-state index in [1.165, 1.54) is 15.9 Å². The molecule has 4 aromatic rings. The molecule has 0 aliphatic rings. The normalized spacial score (nSPS) is 12.4. The van der Waals surface area contributed by atoms with Gasteiger partial charge in [0.25, 0.3) is 10.0 Å². The first-order chi connectivity index (χ1) is 13.6. The van der Waals surface area contributed by atoms with Gasteiger partial charge in [0.05, 0.1) is 25.8 Å². The Morgan fingerprint density at radius 3 is 2.45 bits per heavy atom. The molecule has 0 atom stereocenters. The summed E-state index contributed by atoms with van der Waals surface area (Å²) in [6.45, 7) is 6.24. The van der Waals surface area contributed by atoms with E-state index in [0.29, 0.717) is 22.1 Å². The van der Waals surface area contributed by atoms with Gasteiger partial charge in [-0.1, -0.05) is 44.5 Å². The Hall–Kier alpha value is -2.42. The van der Waals surface area contributed by atoms with Gasteiger partial charge in [0.15, 0.2) is 0 Å². The molecular weight excluding hydrogens is 428 g/mol. The van der Waals surface area contributed by atoms with Crippen molar-refractivity contribution in [2.45, 2.75) is 31.1 Å². The van der Waals surface area contributed by atoms with Gasteiger partial charge < -0.3 is 0 Å². The van der Waals surface area contributed by atoms with Crippen LogP contribution in [0.2, 0.25) is 5.02 Å². The van der Waals surface area contributed by atoms with E-state index in [1.54, 1.807) is 36.0 Å². The van der Waals surface area contributed by atoms with Crippen LogP contribution in [-0.2, 0) is 15.4 Å². The van der Waals surface area contributed by atoms with Gasteiger partial charge in [0.2, 0.25) is 0 Å². The number of nitrogens with zero attached hydrogens (tertiary/aromatic N) is 3. The van der Waals surface area contributed by atoms with Gasteiger partial charge in [0, 0.05) is 6.20 Å². The minimum Gasteiger partial charge on any atom is -0.263 e. The number of thiazole rings is 1. The largest absolute Gasteiger partial charge is 0.263 e. The van der Waals surface area contributed by atoms with Crippen molar-refractivity contribution in [3.63, 3.8) is 0 Å². The number of sulfonamides is 1. The predicted molar refractivity (Wildman–Crippen MR) is 117 cm³/mol. The molecule has 0 bridgehead atoms. The lowest BCUT2D eigenvalue weighted by Gasteiger charge is -2.19. The molecule has 3 aromatic heterocycles. The summed E-state index contributed by atoms with van der Waals surface area (Å²) in [5.74, 6) is 0.306. The van der Waals surface area contributed by atoms with Gasteiger partial charge >= 0.3 is 0 Å². The molecule has 0 fully saturated rings. The number of aromatic nitrogens is 3. The van der Waals surface area contributed by atoms with Gasteiger partial charge in [-0.25, -0.2) is 12.9 Å². The highest BCUT2D eigenvalue weighted by Crippen LogP contribution is 2.30. The van der Waals surface area contributed by atoms with Gasteiger partial charge in [-0.2, -0.15) is 5.10 Å². The van der Waals surface area contributed by atoms with Crippen LogP contribution < -0.4 is 4.72 Å². The highest BCUT2D eigenvalue weighted by atomic mass is 35.5.